The van der Waals surface area contributed by atoms with Crippen LogP contribution in [-0.4, -0.2) is 68.1 Å². The van der Waals surface area contributed by atoms with E-state index in [0.717, 1.165) is 5.39 Å². The fraction of sp³-hybridized carbons (Fsp3) is 0.381. The van der Waals surface area contributed by atoms with Gasteiger partial charge in [0.05, 0.1) is 23.2 Å². The summed E-state index contributed by atoms with van der Waals surface area (Å²) in [6.07, 6.45) is 2.75. The van der Waals surface area contributed by atoms with E-state index in [0.29, 0.717) is 54.5 Å². The van der Waals surface area contributed by atoms with Crippen molar-refractivity contribution in [2.45, 2.75) is 31.9 Å². The van der Waals surface area contributed by atoms with Gasteiger partial charge in [0, 0.05) is 13.1 Å². The molecule has 1 fully saturated rings. The highest BCUT2D eigenvalue weighted by atomic mass is 32.2. The molecule has 1 aliphatic heterocycles. The molecular formula is C21H23FN8O3S. The average molecular weight is 487 g/mol. The number of piperidine rings is 1. The predicted octanol–water partition coefficient (Wildman–Crippen LogP) is 2.41. The van der Waals surface area contributed by atoms with Crippen molar-refractivity contribution in [2.24, 2.45) is 0 Å². The normalized spacial score (nSPS) is 16.7. The summed E-state index contributed by atoms with van der Waals surface area (Å²) in [5.41, 5.74) is 1.28. The Labute approximate surface area is 194 Å². The van der Waals surface area contributed by atoms with Gasteiger partial charge in [-0.25, -0.2) is 27.7 Å². The number of benzene rings is 1. The number of nitrogens with one attached hydrogen (secondary N) is 2. The highest BCUT2D eigenvalue weighted by Gasteiger charge is 2.27. The second-order valence-electron chi connectivity index (χ2n) is 8.20. The molecule has 2 N–H and O–H groups in total. The minimum Gasteiger partial charge on any atom is -0.474 e. The number of aromatic amines is 1. The van der Waals surface area contributed by atoms with Crippen LogP contribution in [0.2, 0.25) is 0 Å². The lowest BCUT2D eigenvalue weighted by atomic mass is 10.1. The van der Waals surface area contributed by atoms with Gasteiger partial charge in [0.2, 0.25) is 15.9 Å². The summed E-state index contributed by atoms with van der Waals surface area (Å²) < 4.78 is 44.9. The molecule has 5 rings (SSSR count). The van der Waals surface area contributed by atoms with E-state index in [4.69, 9.17) is 4.74 Å². The molecule has 4 aromatic rings. The molecule has 34 heavy (non-hydrogen) atoms. The number of imidazole rings is 1. The van der Waals surface area contributed by atoms with Crippen LogP contribution in [0.4, 0.5) is 10.2 Å². The van der Waals surface area contributed by atoms with Crippen LogP contribution in [0.15, 0.2) is 30.6 Å². The lowest BCUT2D eigenvalue weighted by Crippen LogP contribution is -2.41. The molecule has 0 amide bonds. The van der Waals surface area contributed by atoms with Crippen LogP contribution in [0.1, 0.15) is 31.6 Å². The maximum Gasteiger partial charge on any atom is 0.289 e. The van der Waals surface area contributed by atoms with Crippen molar-refractivity contribution in [3.63, 3.8) is 0 Å². The molecule has 1 atom stereocenters. The Hall–Kier alpha value is -3.45. The Kier molecular flexibility index (Phi) is 5.73. The summed E-state index contributed by atoms with van der Waals surface area (Å²) >= 11 is 0. The monoisotopic (exact) mass is 486 g/mol. The third kappa shape index (κ3) is 4.48. The van der Waals surface area contributed by atoms with Gasteiger partial charge in [0.1, 0.15) is 17.9 Å². The van der Waals surface area contributed by atoms with Gasteiger partial charge in [-0.2, -0.15) is 14.4 Å². The van der Waals surface area contributed by atoms with Crippen molar-refractivity contribution in [2.75, 3.05) is 24.7 Å². The Morgan fingerprint density at radius 1 is 1.18 bits per heavy atom. The molecule has 1 unspecified atom stereocenters. The molecule has 0 aliphatic carbocycles. The first-order valence-corrected chi connectivity index (χ1v) is 12.6. The zero-order chi connectivity index (χ0) is 23.9. The second kappa shape index (κ2) is 8.72. The Morgan fingerprint density at radius 3 is 2.71 bits per heavy atom. The number of sulfonamides is 1. The van der Waals surface area contributed by atoms with Crippen LogP contribution in [-0.2, 0) is 10.0 Å². The first-order valence-electron chi connectivity index (χ1n) is 10.8. The molecule has 13 heteroatoms. The summed E-state index contributed by atoms with van der Waals surface area (Å²) in [7, 11) is -3.22. The van der Waals surface area contributed by atoms with E-state index in [-0.39, 0.29) is 11.8 Å². The molecule has 1 aliphatic rings. The quantitative estimate of drug-likeness (QED) is 0.393. The molecule has 0 radical (unpaired) electrons. The zero-order valence-corrected chi connectivity index (χ0v) is 19.4. The molecule has 1 aromatic carbocycles. The van der Waals surface area contributed by atoms with Crippen LogP contribution < -0.4 is 10.1 Å². The summed E-state index contributed by atoms with van der Waals surface area (Å²) in [6.45, 7) is 2.67. The van der Waals surface area contributed by atoms with E-state index in [9.17, 15) is 12.8 Å². The second-order valence-corrected chi connectivity index (χ2v) is 10.2. The van der Waals surface area contributed by atoms with E-state index >= 15 is 0 Å². The standard InChI is InChI=1S/C21H23FN8O3S/c1-12(25-18-16-19(24-11-23-18)29-21(22)27-16)17-26-15-6-4-3-5-14(15)20(28-17)33-13-7-9-30(10-8-13)34(2,31)32/h3-6,11-13H,7-10H2,1-2H3,(H2,23,24,25,27,29). The highest BCUT2D eigenvalue weighted by molar-refractivity contribution is 7.88. The summed E-state index contributed by atoms with van der Waals surface area (Å²) in [5.74, 6) is 1.28. The van der Waals surface area contributed by atoms with E-state index in [1.54, 1.807) is 0 Å². The van der Waals surface area contributed by atoms with E-state index in [1.807, 2.05) is 31.2 Å². The van der Waals surface area contributed by atoms with Crippen molar-refractivity contribution in [1.29, 1.82) is 0 Å². The summed E-state index contributed by atoms with van der Waals surface area (Å²) in [6, 6.07) is 7.13. The lowest BCUT2D eigenvalue weighted by Gasteiger charge is -2.30. The number of anilines is 1. The number of rotatable bonds is 6. The van der Waals surface area contributed by atoms with E-state index < -0.39 is 22.1 Å². The first kappa shape index (κ1) is 22.3. The lowest BCUT2D eigenvalue weighted by molar-refractivity contribution is 0.131. The van der Waals surface area contributed by atoms with Crippen LogP contribution in [0, 0.1) is 6.08 Å². The fourth-order valence-electron chi connectivity index (χ4n) is 3.97. The Bertz CT molecular complexity index is 1450. The highest BCUT2D eigenvalue weighted by Crippen LogP contribution is 2.29. The van der Waals surface area contributed by atoms with Crippen LogP contribution in [0.5, 0.6) is 5.88 Å². The van der Waals surface area contributed by atoms with Crippen LogP contribution in [0.25, 0.3) is 22.1 Å². The summed E-state index contributed by atoms with van der Waals surface area (Å²) in [5, 5.41) is 3.96. The van der Waals surface area contributed by atoms with Crippen LogP contribution >= 0.6 is 0 Å². The minimum atomic E-state index is -3.22. The Balaban J connectivity index is 1.41. The van der Waals surface area contributed by atoms with Crippen molar-refractivity contribution in [3.8, 4) is 5.88 Å². The molecule has 1 saturated heterocycles. The van der Waals surface area contributed by atoms with Gasteiger partial charge >= 0.3 is 0 Å². The molecule has 178 valence electrons. The van der Waals surface area contributed by atoms with Crippen molar-refractivity contribution in [3.05, 3.63) is 42.5 Å². The van der Waals surface area contributed by atoms with Gasteiger partial charge in [0.15, 0.2) is 17.3 Å². The molecule has 11 nitrogen and oxygen atoms in total. The Morgan fingerprint density at radius 2 is 1.94 bits per heavy atom. The minimum absolute atomic E-state index is 0.165. The van der Waals surface area contributed by atoms with Crippen molar-refractivity contribution in [1.82, 2.24) is 34.2 Å². The number of para-hydroxylation sites is 1. The van der Waals surface area contributed by atoms with Gasteiger partial charge in [-0.05, 0) is 31.9 Å². The van der Waals surface area contributed by atoms with Crippen LogP contribution in [0.3, 0.4) is 0 Å². The maximum absolute atomic E-state index is 13.6. The number of hydrogen-bond acceptors (Lipinski definition) is 9. The predicted molar refractivity (Wildman–Crippen MR) is 123 cm³/mol. The molecular weight excluding hydrogens is 463 g/mol. The van der Waals surface area contributed by atoms with Crippen molar-refractivity contribution < 1.29 is 17.5 Å². The number of fused-ring (bicyclic) bond motifs is 2. The van der Waals surface area contributed by atoms with Gasteiger partial charge in [0.25, 0.3) is 6.08 Å². The molecule has 0 spiro atoms. The SMILES string of the molecule is CC(Nc1ncnc2nc(F)[nH]c12)c1nc(OC2CCN(S(C)(=O)=O)CC2)c2ccccc2n1. The fourth-order valence-corrected chi connectivity index (χ4v) is 4.84. The van der Waals surface area contributed by atoms with Gasteiger partial charge in [-0.1, -0.05) is 12.1 Å². The smallest absolute Gasteiger partial charge is 0.289 e. The molecule has 4 heterocycles. The first-order chi connectivity index (χ1) is 16.3. The topological polar surface area (TPSA) is 139 Å². The van der Waals surface area contributed by atoms with E-state index in [2.05, 4.69) is 35.2 Å². The number of halogens is 1. The number of ether oxygens (including phenoxy) is 1. The number of aromatic nitrogens is 6. The summed E-state index contributed by atoms with van der Waals surface area (Å²) in [4.78, 5) is 23.7. The third-order valence-electron chi connectivity index (χ3n) is 5.73. The van der Waals surface area contributed by atoms with E-state index in [1.165, 1.54) is 16.9 Å². The third-order valence-corrected chi connectivity index (χ3v) is 7.04. The maximum atomic E-state index is 13.6. The number of H-pyrrole nitrogens is 1. The molecule has 0 bridgehead atoms. The zero-order valence-electron chi connectivity index (χ0n) is 18.6. The largest absolute Gasteiger partial charge is 0.474 e. The number of nitrogens with zero attached hydrogens (tertiary/aromatic N) is 6. The molecule has 3 aromatic heterocycles. The number of hydrogen-bond donors (Lipinski definition) is 2. The average Bonchev–Trinajstić information content (AvgIpc) is 3.20. The van der Waals surface area contributed by atoms with Gasteiger partial charge in [-0.15, -0.1) is 0 Å². The molecule has 0 saturated carbocycles. The van der Waals surface area contributed by atoms with Gasteiger partial charge < -0.3 is 15.0 Å². The van der Waals surface area contributed by atoms with Crippen molar-refractivity contribution >= 4 is 37.9 Å². The van der Waals surface area contributed by atoms with Gasteiger partial charge in [-0.3, -0.25) is 0 Å².